The molecule has 3 aromatic rings. The van der Waals surface area contributed by atoms with Gasteiger partial charge in [0.05, 0.1) is 18.7 Å². The molecule has 0 bridgehead atoms. The lowest BCUT2D eigenvalue weighted by molar-refractivity contribution is -0.139. The van der Waals surface area contributed by atoms with E-state index in [4.69, 9.17) is 4.74 Å². The Kier molecular flexibility index (Phi) is 5.85. The van der Waals surface area contributed by atoms with Crippen molar-refractivity contribution in [3.63, 3.8) is 0 Å². The molecule has 1 N–H and O–H groups in total. The van der Waals surface area contributed by atoms with Crippen molar-refractivity contribution in [1.29, 1.82) is 0 Å². The minimum absolute atomic E-state index is 0.0776. The Morgan fingerprint density at radius 2 is 1.52 bits per heavy atom. The molecule has 0 radical (unpaired) electrons. The molecule has 156 valence electrons. The molecule has 0 unspecified atom stereocenters. The maximum absolute atomic E-state index is 13.1. The van der Waals surface area contributed by atoms with Crippen LogP contribution in [0.3, 0.4) is 0 Å². The van der Waals surface area contributed by atoms with E-state index >= 15 is 0 Å². The van der Waals surface area contributed by atoms with Gasteiger partial charge in [-0.05, 0) is 18.1 Å². The fraction of sp³-hybridized carbons (Fsp3) is 0.154. The summed E-state index contributed by atoms with van der Waals surface area (Å²) in [6.07, 6.45) is 0.588. The first-order valence-corrected chi connectivity index (χ1v) is 10.1. The molecule has 5 nitrogen and oxygen atoms in total. The fourth-order valence-corrected chi connectivity index (χ4v) is 3.97. The predicted molar refractivity (Wildman–Crippen MR) is 119 cm³/mol. The predicted octanol–water partition coefficient (Wildman–Crippen LogP) is 4.36. The van der Waals surface area contributed by atoms with Gasteiger partial charge in [-0.3, -0.25) is 9.59 Å². The molecule has 1 atom stereocenters. The molecule has 1 saturated heterocycles. The molecular formula is C26H23NO4. The molecule has 1 amide bonds. The zero-order chi connectivity index (χ0) is 21.8. The summed E-state index contributed by atoms with van der Waals surface area (Å²) in [7, 11) is 1.55. The van der Waals surface area contributed by atoms with Gasteiger partial charge < -0.3 is 14.7 Å². The van der Waals surface area contributed by atoms with Crippen LogP contribution in [0, 0.1) is 0 Å². The van der Waals surface area contributed by atoms with E-state index in [2.05, 4.69) is 0 Å². The van der Waals surface area contributed by atoms with E-state index in [0.717, 1.165) is 5.56 Å². The van der Waals surface area contributed by atoms with Gasteiger partial charge in [-0.25, -0.2) is 0 Å². The zero-order valence-electron chi connectivity index (χ0n) is 17.2. The minimum Gasteiger partial charge on any atom is -0.507 e. The number of rotatable bonds is 6. The maximum Gasteiger partial charge on any atom is 0.295 e. The largest absolute Gasteiger partial charge is 0.507 e. The average molecular weight is 413 g/mol. The summed E-state index contributed by atoms with van der Waals surface area (Å²) in [6, 6.07) is 25.1. The fourth-order valence-electron chi connectivity index (χ4n) is 3.97. The van der Waals surface area contributed by atoms with Crippen LogP contribution in [-0.2, 0) is 16.0 Å². The Bertz CT molecular complexity index is 1120. The van der Waals surface area contributed by atoms with E-state index in [1.165, 1.54) is 4.90 Å². The van der Waals surface area contributed by atoms with E-state index < -0.39 is 17.7 Å². The summed E-state index contributed by atoms with van der Waals surface area (Å²) >= 11 is 0. The summed E-state index contributed by atoms with van der Waals surface area (Å²) in [6.45, 7) is 0.336. The number of likely N-dealkylation sites (tertiary alicyclic amines) is 1. The second kappa shape index (κ2) is 8.88. The van der Waals surface area contributed by atoms with Gasteiger partial charge in [-0.2, -0.15) is 0 Å². The first kappa shape index (κ1) is 20.4. The maximum atomic E-state index is 13.1. The van der Waals surface area contributed by atoms with E-state index in [-0.39, 0.29) is 11.3 Å². The SMILES string of the molecule is COc1ccccc1[C@@H]1C(=C(O)c2ccccc2)C(=O)C(=O)N1CCc1ccccc1. The first-order valence-electron chi connectivity index (χ1n) is 10.1. The third-order valence-electron chi connectivity index (χ3n) is 5.50. The van der Waals surface area contributed by atoms with Crippen LogP contribution in [-0.4, -0.2) is 35.4 Å². The number of nitrogens with zero attached hydrogens (tertiary/aromatic N) is 1. The van der Waals surface area contributed by atoms with Gasteiger partial charge in [0.1, 0.15) is 11.5 Å². The van der Waals surface area contributed by atoms with Gasteiger partial charge in [0.2, 0.25) is 0 Å². The molecular weight excluding hydrogens is 390 g/mol. The van der Waals surface area contributed by atoms with Crippen molar-refractivity contribution in [3.8, 4) is 5.75 Å². The standard InChI is InChI=1S/C26H23NO4/c1-31-21-15-9-8-14-20(21)23-22(24(28)19-12-6-3-7-13-19)25(29)26(30)27(23)17-16-18-10-4-2-5-11-18/h2-15,23,28H,16-17H2,1H3/t23-/m1/s1. The van der Waals surface area contributed by atoms with Crippen molar-refractivity contribution in [1.82, 2.24) is 4.90 Å². The molecule has 4 rings (SSSR count). The van der Waals surface area contributed by atoms with Gasteiger partial charge in [0.15, 0.2) is 0 Å². The summed E-state index contributed by atoms with van der Waals surface area (Å²) < 4.78 is 5.52. The smallest absolute Gasteiger partial charge is 0.295 e. The van der Waals surface area contributed by atoms with E-state index in [1.54, 1.807) is 37.4 Å². The van der Waals surface area contributed by atoms with Gasteiger partial charge in [-0.1, -0.05) is 78.9 Å². The Balaban J connectivity index is 1.82. The van der Waals surface area contributed by atoms with Crippen molar-refractivity contribution >= 4 is 17.4 Å². The van der Waals surface area contributed by atoms with Crippen LogP contribution in [0.2, 0.25) is 0 Å². The molecule has 1 aliphatic rings. The van der Waals surface area contributed by atoms with Crippen molar-refractivity contribution in [2.24, 2.45) is 0 Å². The molecule has 1 fully saturated rings. The molecule has 1 heterocycles. The highest BCUT2D eigenvalue weighted by Crippen LogP contribution is 2.42. The summed E-state index contributed by atoms with van der Waals surface area (Å²) in [4.78, 5) is 27.7. The molecule has 0 spiro atoms. The van der Waals surface area contributed by atoms with Crippen LogP contribution >= 0.6 is 0 Å². The average Bonchev–Trinajstić information content (AvgIpc) is 3.08. The number of aliphatic hydroxyl groups is 1. The topological polar surface area (TPSA) is 66.8 Å². The lowest BCUT2D eigenvalue weighted by Crippen LogP contribution is -2.31. The minimum atomic E-state index is -0.736. The van der Waals surface area contributed by atoms with Crippen LogP contribution in [0.1, 0.15) is 22.7 Å². The molecule has 5 heteroatoms. The third-order valence-corrected chi connectivity index (χ3v) is 5.50. The summed E-state index contributed by atoms with van der Waals surface area (Å²) in [5.74, 6) is -0.940. The van der Waals surface area contributed by atoms with Crippen molar-refractivity contribution in [2.45, 2.75) is 12.5 Å². The molecule has 0 aromatic heterocycles. The Morgan fingerprint density at radius 3 is 2.19 bits per heavy atom. The van der Waals surface area contributed by atoms with Crippen LogP contribution in [0.4, 0.5) is 0 Å². The number of carbonyl (C=O) groups is 2. The second-order valence-corrected chi connectivity index (χ2v) is 7.34. The Hall–Kier alpha value is -3.86. The van der Waals surface area contributed by atoms with Crippen LogP contribution in [0.25, 0.3) is 5.76 Å². The number of aliphatic hydroxyl groups excluding tert-OH is 1. The van der Waals surface area contributed by atoms with Crippen molar-refractivity contribution in [2.75, 3.05) is 13.7 Å². The number of Topliss-reactive ketones (excluding diaryl/α,β-unsaturated/α-hetero) is 1. The van der Waals surface area contributed by atoms with Gasteiger partial charge >= 0.3 is 0 Å². The van der Waals surface area contributed by atoms with Crippen LogP contribution < -0.4 is 4.74 Å². The molecule has 0 aliphatic carbocycles. The monoisotopic (exact) mass is 413 g/mol. The number of methoxy groups -OCH3 is 1. The van der Waals surface area contributed by atoms with Crippen molar-refractivity contribution in [3.05, 3.63) is 107 Å². The highest BCUT2D eigenvalue weighted by Gasteiger charge is 2.46. The lowest BCUT2D eigenvalue weighted by atomic mass is 9.94. The third kappa shape index (κ3) is 3.94. The lowest BCUT2D eigenvalue weighted by Gasteiger charge is -2.26. The van der Waals surface area contributed by atoms with Crippen LogP contribution in [0.15, 0.2) is 90.5 Å². The number of para-hydroxylation sites is 1. The summed E-state index contributed by atoms with van der Waals surface area (Å²) in [5.41, 5.74) is 2.29. The van der Waals surface area contributed by atoms with Crippen LogP contribution in [0.5, 0.6) is 5.75 Å². The molecule has 31 heavy (non-hydrogen) atoms. The highest BCUT2D eigenvalue weighted by molar-refractivity contribution is 6.46. The molecule has 1 aliphatic heterocycles. The molecule has 3 aromatic carbocycles. The van der Waals surface area contributed by atoms with E-state index in [9.17, 15) is 14.7 Å². The van der Waals surface area contributed by atoms with Gasteiger partial charge in [0.25, 0.3) is 11.7 Å². The zero-order valence-corrected chi connectivity index (χ0v) is 17.2. The number of ether oxygens (including phenoxy) is 1. The van der Waals surface area contributed by atoms with Gasteiger partial charge in [-0.15, -0.1) is 0 Å². The Labute approximate surface area is 181 Å². The van der Waals surface area contributed by atoms with Crippen molar-refractivity contribution < 1.29 is 19.4 Å². The number of hydrogen-bond acceptors (Lipinski definition) is 4. The van der Waals surface area contributed by atoms with E-state index in [0.29, 0.717) is 29.8 Å². The molecule has 0 saturated carbocycles. The quantitative estimate of drug-likeness (QED) is 0.370. The number of benzene rings is 3. The second-order valence-electron chi connectivity index (χ2n) is 7.34. The number of hydrogen-bond donors (Lipinski definition) is 1. The highest BCUT2D eigenvalue weighted by atomic mass is 16.5. The number of carbonyl (C=O) groups excluding carboxylic acids is 2. The van der Waals surface area contributed by atoms with Gasteiger partial charge in [0, 0.05) is 17.7 Å². The number of ketones is 1. The number of amides is 1. The Morgan fingerprint density at radius 1 is 0.903 bits per heavy atom. The normalized spacial score (nSPS) is 17.7. The summed E-state index contributed by atoms with van der Waals surface area (Å²) in [5, 5.41) is 11.0. The van der Waals surface area contributed by atoms with E-state index in [1.807, 2.05) is 54.6 Å². The first-order chi connectivity index (χ1) is 15.1.